The van der Waals surface area contributed by atoms with Crippen LogP contribution in [0.25, 0.3) is 0 Å². The van der Waals surface area contributed by atoms with E-state index in [1.54, 1.807) is 4.90 Å². The van der Waals surface area contributed by atoms with Crippen molar-refractivity contribution in [3.8, 4) is 0 Å². The summed E-state index contributed by atoms with van der Waals surface area (Å²) in [5, 5.41) is 9.02. The number of piperidine rings is 2. The summed E-state index contributed by atoms with van der Waals surface area (Å²) in [4.78, 5) is 23.6. The maximum absolute atomic E-state index is 11.0. The topological polar surface area (TPSA) is 69.6 Å². The smallest absolute Gasteiger partial charge is 0.407 e. The first-order valence-corrected chi connectivity index (χ1v) is 8.15. The quantitative estimate of drug-likeness (QED) is 0.908. The van der Waals surface area contributed by atoms with Gasteiger partial charge in [-0.3, -0.25) is 4.98 Å². The molecule has 6 nitrogen and oxygen atoms in total. The molecule has 3 heterocycles. The molecular weight excluding hydrogens is 280 g/mol. The van der Waals surface area contributed by atoms with Crippen molar-refractivity contribution in [3.05, 3.63) is 18.1 Å². The van der Waals surface area contributed by atoms with Crippen molar-refractivity contribution in [2.75, 3.05) is 31.1 Å². The molecule has 3 rings (SSSR count). The molecule has 22 heavy (non-hydrogen) atoms. The minimum atomic E-state index is -0.772. The molecule has 0 aromatic carbocycles. The zero-order chi connectivity index (χ0) is 15.5. The summed E-state index contributed by atoms with van der Waals surface area (Å²) >= 11 is 0. The molecule has 0 radical (unpaired) electrons. The highest BCUT2D eigenvalue weighted by molar-refractivity contribution is 5.64. The van der Waals surface area contributed by atoms with Gasteiger partial charge in [0.05, 0.1) is 18.1 Å². The van der Waals surface area contributed by atoms with Gasteiger partial charge in [-0.1, -0.05) is 0 Å². The Kier molecular flexibility index (Phi) is 4.45. The lowest BCUT2D eigenvalue weighted by Crippen LogP contribution is -2.42. The van der Waals surface area contributed by atoms with Gasteiger partial charge in [-0.2, -0.15) is 0 Å². The van der Waals surface area contributed by atoms with E-state index in [9.17, 15) is 4.79 Å². The van der Waals surface area contributed by atoms with Crippen LogP contribution in [0.5, 0.6) is 0 Å². The molecule has 2 aliphatic rings. The van der Waals surface area contributed by atoms with Crippen LogP contribution in [0.15, 0.2) is 12.4 Å². The van der Waals surface area contributed by atoms with Gasteiger partial charge in [-0.15, -0.1) is 0 Å². The first-order valence-electron chi connectivity index (χ1n) is 8.15. The molecule has 0 spiro atoms. The van der Waals surface area contributed by atoms with Crippen LogP contribution in [0.4, 0.5) is 10.6 Å². The second kappa shape index (κ2) is 6.50. The Morgan fingerprint density at radius 2 is 1.64 bits per heavy atom. The summed E-state index contributed by atoms with van der Waals surface area (Å²) in [6, 6.07) is 0. The molecule has 0 aliphatic carbocycles. The number of amides is 1. The maximum atomic E-state index is 11.0. The fraction of sp³-hybridized carbons (Fsp3) is 0.688. The fourth-order valence-electron chi connectivity index (χ4n) is 3.71. The number of aromatic nitrogens is 2. The number of carboxylic acid groups (broad SMARTS) is 1. The monoisotopic (exact) mass is 304 g/mol. The van der Waals surface area contributed by atoms with Crippen molar-refractivity contribution >= 4 is 11.9 Å². The maximum Gasteiger partial charge on any atom is 0.407 e. The summed E-state index contributed by atoms with van der Waals surface area (Å²) in [6.07, 6.45) is 7.29. The number of nitrogens with zero attached hydrogens (tertiary/aromatic N) is 4. The van der Waals surface area contributed by atoms with Crippen molar-refractivity contribution in [3.63, 3.8) is 0 Å². The lowest BCUT2D eigenvalue weighted by atomic mass is 9.79. The van der Waals surface area contributed by atoms with Gasteiger partial charge in [0.2, 0.25) is 0 Å². The van der Waals surface area contributed by atoms with Crippen LogP contribution in [0, 0.1) is 18.8 Å². The largest absolute Gasteiger partial charge is 0.465 e. The Bertz CT molecular complexity index is 503. The second-order valence-electron chi connectivity index (χ2n) is 6.45. The summed E-state index contributed by atoms with van der Waals surface area (Å²) in [5.41, 5.74) is 0.948. The summed E-state index contributed by atoms with van der Waals surface area (Å²) in [7, 11) is 0. The molecule has 1 amide bonds. The van der Waals surface area contributed by atoms with Crippen LogP contribution in [-0.4, -0.2) is 52.2 Å². The number of rotatable bonds is 2. The average Bonchev–Trinajstić information content (AvgIpc) is 2.56. The van der Waals surface area contributed by atoms with E-state index < -0.39 is 6.09 Å². The van der Waals surface area contributed by atoms with E-state index >= 15 is 0 Å². The highest BCUT2D eigenvalue weighted by Gasteiger charge is 2.31. The highest BCUT2D eigenvalue weighted by Crippen LogP contribution is 2.33. The minimum absolute atomic E-state index is 0.682. The number of aryl methyl sites for hydroxylation is 1. The Morgan fingerprint density at radius 1 is 1.05 bits per heavy atom. The normalized spacial score (nSPS) is 21.1. The summed E-state index contributed by atoms with van der Waals surface area (Å²) < 4.78 is 0. The second-order valence-corrected chi connectivity index (χ2v) is 6.45. The average molecular weight is 304 g/mol. The summed E-state index contributed by atoms with van der Waals surface area (Å²) in [6.45, 7) is 5.41. The Morgan fingerprint density at radius 3 is 2.14 bits per heavy atom. The van der Waals surface area contributed by atoms with Crippen LogP contribution in [0.1, 0.15) is 31.4 Å². The van der Waals surface area contributed by atoms with E-state index in [4.69, 9.17) is 5.11 Å². The number of hydrogen-bond acceptors (Lipinski definition) is 4. The van der Waals surface area contributed by atoms with Gasteiger partial charge < -0.3 is 14.9 Å². The standard InChI is InChI=1S/C16H24N4O2/c1-12-10-18-15(11-17-12)19-6-2-13(3-7-19)14-4-8-20(9-5-14)16(21)22/h10-11,13-14H,2-9H2,1H3,(H,21,22). The van der Waals surface area contributed by atoms with Crippen molar-refractivity contribution in [1.82, 2.24) is 14.9 Å². The third kappa shape index (κ3) is 3.31. The number of anilines is 1. The molecule has 0 saturated carbocycles. The molecule has 6 heteroatoms. The zero-order valence-corrected chi connectivity index (χ0v) is 13.1. The van der Waals surface area contributed by atoms with Crippen molar-refractivity contribution < 1.29 is 9.90 Å². The highest BCUT2D eigenvalue weighted by atomic mass is 16.4. The molecule has 1 aromatic heterocycles. The van der Waals surface area contributed by atoms with Crippen molar-refractivity contribution in [1.29, 1.82) is 0 Å². The molecule has 120 valence electrons. The van der Waals surface area contributed by atoms with Crippen molar-refractivity contribution in [2.24, 2.45) is 11.8 Å². The van der Waals surface area contributed by atoms with Gasteiger partial charge in [-0.05, 0) is 44.4 Å². The van der Waals surface area contributed by atoms with Crippen molar-refractivity contribution in [2.45, 2.75) is 32.6 Å². The zero-order valence-electron chi connectivity index (χ0n) is 13.1. The molecule has 0 unspecified atom stereocenters. The number of likely N-dealkylation sites (tertiary alicyclic amines) is 1. The van der Waals surface area contributed by atoms with E-state index in [2.05, 4.69) is 14.9 Å². The van der Waals surface area contributed by atoms with Crippen LogP contribution in [0.2, 0.25) is 0 Å². The van der Waals surface area contributed by atoms with Gasteiger partial charge >= 0.3 is 6.09 Å². The van der Waals surface area contributed by atoms with E-state index in [1.807, 2.05) is 19.3 Å². The van der Waals surface area contributed by atoms with E-state index in [0.29, 0.717) is 19.0 Å². The summed E-state index contributed by atoms with van der Waals surface area (Å²) in [5.74, 6) is 2.39. The van der Waals surface area contributed by atoms with Gasteiger partial charge in [0, 0.05) is 26.2 Å². The molecule has 0 atom stereocenters. The molecule has 1 aromatic rings. The fourth-order valence-corrected chi connectivity index (χ4v) is 3.71. The number of hydrogen-bond donors (Lipinski definition) is 1. The third-order valence-corrected chi connectivity index (χ3v) is 5.11. The molecule has 0 bridgehead atoms. The lowest BCUT2D eigenvalue weighted by molar-refractivity contribution is 0.107. The van der Waals surface area contributed by atoms with Gasteiger partial charge in [0.15, 0.2) is 0 Å². The molecule has 2 fully saturated rings. The van der Waals surface area contributed by atoms with E-state index in [-0.39, 0.29) is 0 Å². The first kappa shape index (κ1) is 15.1. The molecule has 2 aliphatic heterocycles. The van der Waals surface area contributed by atoms with E-state index in [0.717, 1.165) is 43.4 Å². The third-order valence-electron chi connectivity index (χ3n) is 5.11. The van der Waals surface area contributed by atoms with Gasteiger partial charge in [0.1, 0.15) is 5.82 Å². The Labute approximate surface area is 131 Å². The minimum Gasteiger partial charge on any atom is -0.465 e. The van der Waals surface area contributed by atoms with E-state index in [1.165, 1.54) is 12.8 Å². The Hall–Kier alpha value is -1.85. The lowest BCUT2D eigenvalue weighted by Gasteiger charge is -2.39. The van der Waals surface area contributed by atoms with Crippen LogP contribution >= 0.6 is 0 Å². The Balaban J connectivity index is 1.50. The number of carbonyl (C=O) groups is 1. The molecule has 1 N–H and O–H groups in total. The molecule has 2 saturated heterocycles. The first-order chi connectivity index (χ1) is 10.6. The van der Waals surface area contributed by atoms with Crippen LogP contribution in [0.3, 0.4) is 0 Å². The van der Waals surface area contributed by atoms with Crippen LogP contribution < -0.4 is 4.90 Å². The SMILES string of the molecule is Cc1cnc(N2CCC(C3CCN(C(=O)O)CC3)CC2)cn1. The predicted molar refractivity (Wildman–Crippen MR) is 84.0 cm³/mol. The van der Waals surface area contributed by atoms with Gasteiger partial charge in [-0.25, -0.2) is 9.78 Å². The predicted octanol–water partition coefficient (Wildman–Crippen LogP) is 2.39. The van der Waals surface area contributed by atoms with Gasteiger partial charge in [0.25, 0.3) is 0 Å². The molecular formula is C16H24N4O2. The van der Waals surface area contributed by atoms with Crippen LogP contribution in [-0.2, 0) is 0 Å².